The maximum Gasteiger partial charge on any atom is 0.225 e. The van der Waals surface area contributed by atoms with Gasteiger partial charge >= 0.3 is 0 Å². The fraction of sp³-hybridized carbons (Fsp3) is 0.385. The number of para-hydroxylation sites is 1. The first-order chi connectivity index (χ1) is 8.04. The van der Waals surface area contributed by atoms with Gasteiger partial charge in [0.25, 0.3) is 0 Å². The average molecular weight is 234 g/mol. The lowest BCUT2D eigenvalue weighted by atomic mass is 10.1. The van der Waals surface area contributed by atoms with Crippen LogP contribution in [-0.4, -0.2) is 11.8 Å². The van der Waals surface area contributed by atoms with Crippen LogP contribution >= 0.6 is 0 Å². The lowest BCUT2D eigenvalue weighted by Gasteiger charge is -2.11. The van der Waals surface area contributed by atoms with E-state index in [2.05, 4.69) is 5.32 Å². The van der Waals surface area contributed by atoms with Crippen molar-refractivity contribution in [3.8, 4) is 0 Å². The van der Waals surface area contributed by atoms with Crippen LogP contribution in [-0.2, 0) is 16.0 Å². The topological polar surface area (TPSA) is 72.2 Å². The molecule has 1 atom stereocenters. The van der Waals surface area contributed by atoms with Crippen LogP contribution in [0.3, 0.4) is 0 Å². The Labute approximate surface area is 101 Å². The van der Waals surface area contributed by atoms with Crippen LogP contribution in [0, 0.1) is 5.92 Å². The molecule has 0 radical (unpaired) electrons. The van der Waals surface area contributed by atoms with Gasteiger partial charge in [-0.2, -0.15) is 0 Å². The number of carbonyl (C=O) groups excluding carboxylic acids is 2. The average Bonchev–Trinajstić information content (AvgIpc) is 2.29. The predicted octanol–water partition coefficient (Wildman–Crippen LogP) is 1.70. The van der Waals surface area contributed by atoms with E-state index in [0.29, 0.717) is 0 Å². The van der Waals surface area contributed by atoms with E-state index in [4.69, 9.17) is 5.73 Å². The van der Waals surface area contributed by atoms with Crippen LogP contribution in [0.1, 0.15) is 25.8 Å². The molecule has 0 aliphatic rings. The normalized spacial score (nSPS) is 11.9. The van der Waals surface area contributed by atoms with Crippen LogP contribution in [0.4, 0.5) is 5.69 Å². The van der Waals surface area contributed by atoms with Crippen molar-refractivity contribution in [1.29, 1.82) is 0 Å². The molecule has 0 aliphatic carbocycles. The maximum absolute atomic E-state index is 11.7. The fourth-order valence-corrected chi connectivity index (χ4v) is 1.53. The maximum atomic E-state index is 11.7. The lowest BCUT2D eigenvalue weighted by molar-refractivity contribution is -0.125. The molecule has 0 bridgehead atoms. The molecule has 4 nitrogen and oxygen atoms in total. The summed E-state index contributed by atoms with van der Waals surface area (Å²) in [5, 5.41) is 2.80. The number of amides is 2. The Morgan fingerprint density at radius 2 is 2.00 bits per heavy atom. The van der Waals surface area contributed by atoms with Crippen molar-refractivity contribution in [1.82, 2.24) is 0 Å². The minimum atomic E-state index is -0.455. The first-order valence-electron chi connectivity index (χ1n) is 5.71. The summed E-state index contributed by atoms with van der Waals surface area (Å²) in [6.07, 6.45) is 0.967. The van der Waals surface area contributed by atoms with Gasteiger partial charge in [0.05, 0.1) is 0 Å². The van der Waals surface area contributed by atoms with Crippen LogP contribution in [0.2, 0.25) is 0 Å². The summed E-state index contributed by atoms with van der Waals surface area (Å²) in [5.41, 5.74) is 6.99. The summed E-state index contributed by atoms with van der Waals surface area (Å²) in [4.78, 5) is 22.5. The highest BCUT2D eigenvalue weighted by atomic mass is 16.2. The number of hydrogen-bond donors (Lipinski definition) is 2. The number of benzene rings is 1. The number of aryl methyl sites for hydroxylation is 1. The van der Waals surface area contributed by atoms with E-state index in [0.717, 1.165) is 17.7 Å². The summed E-state index contributed by atoms with van der Waals surface area (Å²) in [6.45, 7) is 3.67. The Bertz CT molecular complexity index is 416. The van der Waals surface area contributed by atoms with Crippen molar-refractivity contribution in [3.05, 3.63) is 29.8 Å². The Morgan fingerprint density at radius 1 is 1.35 bits per heavy atom. The van der Waals surface area contributed by atoms with Gasteiger partial charge in [-0.15, -0.1) is 0 Å². The molecule has 0 heterocycles. The fourth-order valence-electron chi connectivity index (χ4n) is 1.53. The summed E-state index contributed by atoms with van der Waals surface area (Å²) in [5.74, 6) is -1.08. The molecule has 1 rings (SSSR count). The first-order valence-corrected chi connectivity index (χ1v) is 5.71. The predicted molar refractivity (Wildman–Crippen MR) is 67.4 cm³/mol. The van der Waals surface area contributed by atoms with Crippen LogP contribution in [0.25, 0.3) is 0 Å². The van der Waals surface area contributed by atoms with E-state index in [9.17, 15) is 9.59 Å². The SMILES string of the molecule is CCc1ccccc1NC(=O)CC(C)C(N)=O. The monoisotopic (exact) mass is 234 g/mol. The van der Waals surface area contributed by atoms with Crippen molar-refractivity contribution in [2.75, 3.05) is 5.32 Å². The Balaban J connectivity index is 2.65. The minimum absolute atomic E-state index is 0.118. The summed E-state index contributed by atoms with van der Waals surface area (Å²) >= 11 is 0. The van der Waals surface area contributed by atoms with E-state index in [1.807, 2.05) is 31.2 Å². The molecule has 3 N–H and O–H groups in total. The van der Waals surface area contributed by atoms with Gasteiger partial charge in [-0.25, -0.2) is 0 Å². The van der Waals surface area contributed by atoms with Crippen molar-refractivity contribution in [2.45, 2.75) is 26.7 Å². The summed E-state index contributed by atoms with van der Waals surface area (Å²) in [6, 6.07) is 7.62. The second-order valence-corrected chi connectivity index (χ2v) is 4.07. The minimum Gasteiger partial charge on any atom is -0.369 e. The molecular formula is C13H18N2O2. The molecule has 17 heavy (non-hydrogen) atoms. The largest absolute Gasteiger partial charge is 0.369 e. The second-order valence-electron chi connectivity index (χ2n) is 4.07. The van der Waals surface area contributed by atoms with Crippen molar-refractivity contribution in [2.24, 2.45) is 11.7 Å². The number of rotatable bonds is 5. The second kappa shape index (κ2) is 6.03. The molecule has 1 aromatic rings. The van der Waals surface area contributed by atoms with Gasteiger partial charge in [0, 0.05) is 18.0 Å². The zero-order valence-electron chi connectivity index (χ0n) is 10.2. The molecule has 0 saturated carbocycles. The highest BCUT2D eigenvalue weighted by Crippen LogP contribution is 2.16. The molecule has 0 fully saturated rings. The third-order valence-corrected chi connectivity index (χ3v) is 2.65. The molecule has 92 valence electrons. The van der Waals surface area contributed by atoms with Gasteiger partial charge in [0.2, 0.25) is 11.8 Å². The van der Waals surface area contributed by atoms with Gasteiger partial charge in [0.1, 0.15) is 0 Å². The highest BCUT2D eigenvalue weighted by molar-refractivity contribution is 5.94. The van der Waals surface area contributed by atoms with Crippen molar-refractivity contribution < 1.29 is 9.59 Å². The lowest BCUT2D eigenvalue weighted by Crippen LogP contribution is -2.25. The number of nitrogens with two attached hydrogens (primary N) is 1. The summed E-state index contributed by atoms with van der Waals surface area (Å²) < 4.78 is 0. The molecule has 0 aliphatic heterocycles. The number of hydrogen-bond acceptors (Lipinski definition) is 2. The standard InChI is InChI=1S/C13H18N2O2/c1-3-10-6-4-5-7-11(10)15-12(16)8-9(2)13(14)17/h4-7,9H,3,8H2,1-2H3,(H2,14,17)(H,15,16). The van der Waals surface area contributed by atoms with Gasteiger partial charge in [-0.05, 0) is 18.1 Å². The van der Waals surface area contributed by atoms with Gasteiger partial charge in [-0.3, -0.25) is 9.59 Å². The molecular weight excluding hydrogens is 216 g/mol. The number of primary amides is 1. The van der Waals surface area contributed by atoms with E-state index in [1.54, 1.807) is 6.92 Å². The van der Waals surface area contributed by atoms with Crippen LogP contribution in [0.15, 0.2) is 24.3 Å². The van der Waals surface area contributed by atoms with Crippen LogP contribution < -0.4 is 11.1 Å². The zero-order chi connectivity index (χ0) is 12.8. The Hall–Kier alpha value is -1.84. The molecule has 0 spiro atoms. The molecule has 2 amide bonds. The summed E-state index contributed by atoms with van der Waals surface area (Å²) in [7, 11) is 0. The highest BCUT2D eigenvalue weighted by Gasteiger charge is 2.14. The van der Waals surface area contributed by atoms with E-state index >= 15 is 0 Å². The first kappa shape index (κ1) is 13.2. The smallest absolute Gasteiger partial charge is 0.225 e. The number of anilines is 1. The molecule has 1 unspecified atom stereocenters. The Kier molecular flexibility index (Phi) is 4.69. The number of nitrogens with one attached hydrogen (secondary N) is 1. The van der Waals surface area contributed by atoms with Crippen LogP contribution in [0.5, 0.6) is 0 Å². The third-order valence-electron chi connectivity index (χ3n) is 2.65. The number of carbonyl (C=O) groups is 2. The Morgan fingerprint density at radius 3 is 2.59 bits per heavy atom. The van der Waals surface area contributed by atoms with Gasteiger partial charge < -0.3 is 11.1 Å². The van der Waals surface area contributed by atoms with E-state index < -0.39 is 11.8 Å². The van der Waals surface area contributed by atoms with Crippen molar-refractivity contribution in [3.63, 3.8) is 0 Å². The molecule has 0 saturated heterocycles. The van der Waals surface area contributed by atoms with E-state index in [1.165, 1.54) is 0 Å². The van der Waals surface area contributed by atoms with Crippen molar-refractivity contribution >= 4 is 17.5 Å². The van der Waals surface area contributed by atoms with E-state index in [-0.39, 0.29) is 12.3 Å². The van der Waals surface area contributed by atoms with Gasteiger partial charge in [0.15, 0.2) is 0 Å². The quantitative estimate of drug-likeness (QED) is 0.813. The third kappa shape index (κ3) is 3.90. The molecule has 4 heteroatoms. The van der Waals surface area contributed by atoms with Gasteiger partial charge in [-0.1, -0.05) is 32.0 Å². The molecule has 1 aromatic carbocycles. The molecule has 0 aromatic heterocycles. The zero-order valence-corrected chi connectivity index (χ0v) is 10.2.